The van der Waals surface area contributed by atoms with Gasteiger partial charge in [0.05, 0.1) is 0 Å². The minimum atomic E-state index is -0.612. The quantitative estimate of drug-likeness (QED) is 0.705. The number of carbonyl (C=O) groups is 2. The van der Waals surface area contributed by atoms with E-state index in [1.165, 1.54) is 0 Å². The van der Waals surface area contributed by atoms with Crippen molar-refractivity contribution in [2.45, 2.75) is 45.7 Å². The summed E-state index contributed by atoms with van der Waals surface area (Å²) in [5, 5.41) is 3.54. The zero-order valence-electron chi connectivity index (χ0n) is 17.4. The molecule has 0 heterocycles. The molecule has 1 unspecified atom stereocenters. The number of hydrogen-bond donors (Lipinski definition) is 1. The van der Waals surface area contributed by atoms with E-state index in [9.17, 15) is 9.59 Å². The van der Waals surface area contributed by atoms with Crippen molar-refractivity contribution >= 4 is 23.4 Å². The summed E-state index contributed by atoms with van der Waals surface area (Å²) in [6, 6.07) is 16.1. The van der Waals surface area contributed by atoms with E-state index in [4.69, 9.17) is 16.3 Å². The topological polar surface area (TPSA) is 58.6 Å². The van der Waals surface area contributed by atoms with Crippen molar-refractivity contribution in [1.82, 2.24) is 10.2 Å². The normalized spacial score (nSPS) is 12.2. The van der Waals surface area contributed by atoms with Gasteiger partial charge in [0.15, 0.2) is 6.61 Å². The Bertz CT molecular complexity index is 801. The molecule has 2 amide bonds. The first-order chi connectivity index (χ1) is 13.7. The molecule has 0 spiro atoms. The molecule has 0 aliphatic rings. The van der Waals surface area contributed by atoms with Crippen molar-refractivity contribution in [2.24, 2.45) is 0 Å². The van der Waals surface area contributed by atoms with Crippen molar-refractivity contribution in [3.05, 3.63) is 65.2 Å². The third-order valence-electron chi connectivity index (χ3n) is 4.33. The highest BCUT2D eigenvalue weighted by Gasteiger charge is 2.28. The lowest BCUT2D eigenvalue weighted by Gasteiger charge is -2.31. The van der Waals surface area contributed by atoms with Crippen LogP contribution in [0.4, 0.5) is 0 Å². The second-order valence-electron chi connectivity index (χ2n) is 7.98. The maximum absolute atomic E-state index is 12.9. The maximum Gasteiger partial charge on any atom is 0.261 e. The zero-order valence-corrected chi connectivity index (χ0v) is 18.2. The predicted octanol–water partition coefficient (Wildman–Crippen LogP) is 4.09. The van der Waals surface area contributed by atoms with Crippen LogP contribution in [-0.4, -0.2) is 41.4 Å². The summed E-state index contributed by atoms with van der Waals surface area (Å²) in [4.78, 5) is 27.2. The second kappa shape index (κ2) is 10.3. The smallest absolute Gasteiger partial charge is 0.261 e. The molecule has 5 nitrogen and oxygen atoms in total. The van der Waals surface area contributed by atoms with Crippen LogP contribution in [0.2, 0.25) is 5.02 Å². The third kappa shape index (κ3) is 7.78. The van der Waals surface area contributed by atoms with Crippen molar-refractivity contribution in [3.63, 3.8) is 0 Å². The van der Waals surface area contributed by atoms with Gasteiger partial charge in [0, 0.05) is 17.1 Å². The van der Waals surface area contributed by atoms with Crippen LogP contribution >= 0.6 is 11.6 Å². The number of amides is 2. The Labute approximate surface area is 178 Å². The van der Waals surface area contributed by atoms with Crippen molar-refractivity contribution in [3.8, 4) is 5.75 Å². The Kier molecular flexibility index (Phi) is 8.09. The van der Waals surface area contributed by atoms with Crippen molar-refractivity contribution in [1.29, 1.82) is 0 Å². The molecule has 2 rings (SSSR count). The Hall–Kier alpha value is -2.53. The number of halogens is 1. The lowest BCUT2D eigenvalue weighted by molar-refractivity contribution is -0.142. The molecule has 2 aromatic carbocycles. The highest BCUT2D eigenvalue weighted by Crippen LogP contribution is 2.16. The Balaban J connectivity index is 2.07. The van der Waals surface area contributed by atoms with E-state index in [-0.39, 0.29) is 24.0 Å². The van der Waals surface area contributed by atoms with E-state index in [1.54, 1.807) is 36.1 Å². The van der Waals surface area contributed by atoms with Crippen LogP contribution in [0.5, 0.6) is 5.75 Å². The van der Waals surface area contributed by atoms with Gasteiger partial charge in [-0.1, -0.05) is 41.9 Å². The molecular weight excluding hydrogens is 388 g/mol. The molecule has 0 bridgehead atoms. The Morgan fingerprint density at radius 3 is 2.28 bits per heavy atom. The van der Waals surface area contributed by atoms with Crippen LogP contribution in [0.3, 0.4) is 0 Å². The summed E-state index contributed by atoms with van der Waals surface area (Å²) in [6.07, 6.45) is 0.653. The zero-order chi connectivity index (χ0) is 21.4. The van der Waals surface area contributed by atoms with Gasteiger partial charge in [-0.15, -0.1) is 0 Å². The summed E-state index contributed by atoms with van der Waals surface area (Å²) in [5.41, 5.74) is 0.728. The van der Waals surface area contributed by atoms with Gasteiger partial charge in [-0.25, -0.2) is 0 Å². The fourth-order valence-electron chi connectivity index (χ4n) is 2.80. The summed E-state index contributed by atoms with van der Waals surface area (Å²) < 4.78 is 5.61. The Morgan fingerprint density at radius 1 is 1.07 bits per heavy atom. The molecule has 0 aliphatic carbocycles. The van der Waals surface area contributed by atoms with Crippen molar-refractivity contribution in [2.75, 3.05) is 13.2 Å². The first-order valence-electron chi connectivity index (χ1n) is 9.69. The fourth-order valence-corrected chi connectivity index (χ4v) is 2.93. The summed E-state index contributed by atoms with van der Waals surface area (Å²) in [6.45, 7) is 7.76. The van der Waals surface area contributed by atoms with Crippen molar-refractivity contribution < 1.29 is 14.3 Å². The molecular formula is C23H29ClN2O3. The minimum Gasteiger partial charge on any atom is -0.484 e. The van der Waals surface area contributed by atoms with Crippen LogP contribution in [-0.2, 0) is 16.0 Å². The number of carbonyl (C=O) groups excluding carboxylic acids is 2. The third-order valence-corrected chi connectivity index (χ3v) is 4.58. The van der Waals surface area contributed by atoms with E-state index in [0.717, 1.165) is 5.56 Å². The molecule has 29 heavy (non-hydrogen) atoms. The second-order valence-corrected chi connectivity index (χ2v) is 8.42. The number of nitrogens with zero attached hydrogens (tertiary/aromatic N) is 1. The summed E-state index contributed by atoms with van der Waals surface area (Å²) >= 11 is 5.88. The van der Waals surface area contributed by atoms with Crippen LogP contribution in [0.1, 0.15) is 33.3 Å². The Morgan fingerprint density at radius 2 is 1.69 bits per heavy atom. The van der Waals surface area contributed by atoms with Gasteiger partial charge in [0.1, 0.15) is 11.8 Å². The molecule has 0 saturated carbocycles. The summed E-state index contributed by atoms with van der Waals surface area (Å²) in [7, 11) is 0. The van der Waals surface area contributed by atoms with Gasteiger partial charge in [0.2, 0.25) is 5.91 Å². The first kappa shape index (κ1) is 22.8. The van der Waals surface area contributed by atoms with Crippen LogP contribution < -0.4 is 10.1 Å². The molecule has 1 N–H and O–H groups in total. The molecule has 156 valence electrons. The maximum atomic E-state index is 12.9. The number of rotatable bonds is 8. The van der Waals surface area contributed by atoms with Gasteiger partial charge in [-0.3, -0.25) is 9.59 Å². The lowest BCUT2D eigenvalue weighted by Crippen LogP contribution is -2.53. The average Bonchev–Trinajstić information content (AvgIpc) is 2.67. The molecule has 0 radical (unpaired) electrons. The molecule has 1 atom stereocenters. The van der Waals surface area contributed by atoms with Crippen LogP contribution in [0.25, 0.3) is 0 Å². The van der Waals surface area contributed by atoms with Crippen LogP contribution in [0.15, 0.2) is 54.6 Å². The van der Waals surface area contributed by atoms with Gasteiger partial charge in [0.25, 0.3) is 5.91 Å². The standard InChI is InChI=1S/C23H29ClN2O3/c1-17(22(28)25-23(2,3)4)26(15-14-18-8-6-5-7-9-18)21(27)16-29-20-12-10-19(24)11-13-20/h5-13,17H,14-16H2,1-4H3,(H,25,28). The molecule has 0 saturated heterocycles. The van der Waals surface area contributed by atoms with Gasteiger partial charge < -0.3 is 15.0 Å². The largest absolute Gasteiger partial charge is 0.484 e. The van der Waals surface area contributed by atoms with E-state index >= 15 is 0 Å². The lowest BCUT2D eigenvalue weighted by atomic mass is 10.1. The number of nitrogens with one attached hydrogen (secondary N) is 1. The fraction of sp³-hybridized carbons (Fsp3) is 0.391. The average molecular weight is 417 g/mol. The summed E-state index contributed by atoms with van der Waals surface area (Å²) in [5.74, 6) is 0.121. The van der Waals surface area contributed by atoms with E-state index in [0.29, 0.717) is 23.7 Å². The SMILES string of the molecule is CC(C(=O)NC(C)(C)C)N(CCc1ccccc1)C(=O)COc1ccc(Cl)cc1. The predicted molar refractivity (Wildman–Crippen MR) is 116 cm³/mol. The van der Waals surface area contributed by atoms with E-state index < -0.39 is 6.04 Å². The number of benzene rings is 2. The van der Waals surface area contributed by atoms with Gasteiger partial charge in [-0.2, -0.15) is 0 Å². The van der Waals surface area contributed by atoms with Crippen LogP contribution in [0, 0.1) is 0 Å². The van der Waals surface area contributed by atoms with E-state index in [2.05, 4.69) is 5.32 Å². The van der Waals surface area contributed by atoms with Gasteiger partial charge >= 0.3 is 0 Å². The molecule has 0 fully saturated rings. The van der Waals surface area contributed by atoms with E-state index in [1.807, 2.05) is 51.1 Å². The van der Waals surface area contributed by atoms with Gasteiger partial charge in [-0.05, 0) is 63.9 Å². The molecule has 0 aliphatic heterocycles. The molecule has 0 aromatic heterocycles. The highest BCUT2D eigenvalue weighted by atomic mass is 35.5. The monoisotopic (exact) mass is 416 g/mol. The number of hydrogen-bond acceptors (Lipinski definition) is 3. The minimum absolute atomic E-state index is 0.149. The highest BCUT2D eigenvalue weighted by molar-refractivity contribution is 6.30. The first-order valence-corrected chi connectivity index (χ1v) is 10.1. The molecule has 2 aromatic rings. The number of ether oxygens (including phenoxy) is 1. The molecule has 6 heteroatoms.